The molecule has 3 nitrogen and oxygen atoms in total. The molecule has 1 aliphatic heterocycles. The highest BCUT2D eigenvalue weighted by atomic mass is 19.1. The minimum atomic E-state index is -0.228. The average molecular weight is 336 g/mol. The van der Waals surface area contributed by atoms with Gasteiger partial charge in [-0.05, 0) is 30.7 Å². The molecular formula is C21H21FN2O. The van der Waals surface area contributed by atoms with Crippen LogP contribution in [0, 0.1) is 12.7 Å². The number of hydrogen-bond donors (Lipinski definition) is 0. The number of nitrogens with zero attached hydrogens (tertiary/aromatic N) is 2. The van der Waals surface area contributed by atoms with Crippen molar-refractivity contribution in [1.29, 1.82) is 0 Å². The molecule has 25 heavy (non-hydrogen) atoms. The Labute approximate surface area is 147 Å². The van der Waals surface area contributed by atoms with Crippen molar-refractivity contribution in [1.82, 2.24) is 9.47 Å². The molecule has 2 heterocycles. The summed E-state index contributed by atoms with van der Waals surface area (Å²) in [6.45, 7) is 4.55. The summed E-state index contributed by atoms with van der Waals surface area (Å²) < 4.78 is 21.8. The summed E-state index contributed by atoms with van der Waals surface area (Å²) in [4.78, 5) is 2.32. The lowest BCUT2D eigenvalue weighted by Crippen LogP contribution is -2.23. The van der Waals surface area contributed by atoms with Gasteiger partial charge in [0.15, 0.2) is 0 Å². The van der Waals surface area contributed by atoms with E-state index in [9.17, 15) is 4.39 Å². The van der Waals surface area contributed by atoms with Crippen LogP contribution >= 0.6 is 0 Å². The van der Waals surface area contributed by atoms with E-state index in [4.69, 9.17) is 4.74 Å². The van der Waals surface area contributed by atoms with Crippen LogP contribution in [0.25, 0.3) is 5.69 Å². The molecule has 4 rings (SSSR count). The van der Waals surface area contributed by atoms with Gasteiger partial charge < -0.3 is 9.30 Å². The second-order valence-corrected chi connectivity index (χ2v) is 6.49. The molecule has 4 heteroatoms. The standard InChI is InChI=1S/C21H21FN2O/c1-16-5-4-6-17(13-16)14-24-11-12-25-21(24)18-9-10-23(15-18)20-8-3-2-7-19(20)22/h2-10,13,15,21H,11-12,14H2,1H3. The molecule has 1 aliphatic rings. The molecule has 1 saturated heterocycles. The van der Waals surface area contributed by atoms with Crippen molar-refractivity contribution in [3.8, 4) is 5.69 Å². The molecule has 0 bridgehead atoms. The van der Waals surface area contributed by atoms with E-state index >= 15 is 0 Å². The van der Waals surface area contributed by atoms with Gasteiger partial charge in [-0.25, -0.2) is 4.39 Å². The molecule has 1 fully saturated rings. The third-order valence-corrected chi connectivity index (χ3v) is 4.59. The Hall–Kier alpha value is -2.43. The Morgan fingerprint density at radius 1 is 1.12 bits per heavy atom. The fraction of sp³-hybridized carbons (Fsp3) is 0.238. The number of para-hydroxylation sites is 1. The van der Waals surface area contributed by atoms with Crippen molar-refractivity contribution in [2.75, 3.05) is 13.2 Å². The van der Waals surface area contributed by atoms with Crippen molar-refractivity contribution >= 4 is 0 Å². The normalized spacial score (nSPS) is 17.9. The molecule has 0 N–H and O–H groups in total. The Morgan fingerprint density at radius 2 is 2.00 bits per heavy atom. The number of rotatable bonds is 4. The number of aromatic nitrogens is 1. The maximum atomic E-state index is 14.0. The van der Waals surface area contributed by atoms with Crippen molar-refractivity contribution in [2.45, 2.75) is 19.7 Å². The van der Waals surface area contributed by atoms with Gasteiger partial charge in [-0.1, -0.05) is 42.0 Å². The minimum Gasteiger partial charge on any atom is -0.357 e. The van der Waals surface area contributed by atoms with Crippen LogP contribution in [0.3, 0.4) is 0 Å². The molecule has 0 radical (unpaired) electrons. The summed E-state index contributed by atoms with van der Waals surface area (Å²) in [7, 11) is 0. The van der Waals surface area contributed by atoms with E-state index in [1.54, 1.807) is 12.1 Å². The predicted octanol–water partition coefficient (Wildman–Crippen LogP) is 4.46. The van der Waals surface area contributed by atoms with E-state index in [0.29, 0.717) is 12.3 Å². The van der Waals surface area contributed by atoms with Crippen LogP contribution < -0.4 is 0 Å². The highest BCUT2D eigenvalue weighted by molar-refractivity contribution is 5.35. The van der Waals surface area contributed by atoms with Crippen molar-refractivity contribution in [2.24, 2.45) is 0 Å². The van der Waals surface area contributed by atoms with Crippen LogP contribution in [-0.4, -0.2) is 22.6 Å². The van der Waals surface area contributed by atoms with E-state index in [1.165, 1.54) is 17.2 Å². The molecule has 1 aromatic heterocycles. The van der Waals surface area contributed by atoms with Gasteiger partial charge in [0.1, 0.15) is 12.0 Å². The zero-order chi connectivity index (χ0) is 17.2. The van der Waals surface area contributed by atoms with Gasteiger partial charge in [-0.15, -0.1) is 0 Å². The first kappa shape index (κ1) is 16.1. The van der Waals surface area contributed by atoms with Crippen molar-refractivity contribution in [3.63, 3.8) is 0 Å². The first-order valence-electron chi connectivity index (χ1n) is 8.55. The van der Waals surface area contributed by atoms with Gasteiger partial charge >= 0.3 is 0 Å². The van der Waals surface area contributed by atoms with Gasteiger partial charge in [-0.2, -0.15) is 0 Å². The van der Waals surface area contributed by atoms with Gasteiger partial charge in [-0.3, -0.25) is 4.90 Å². The molecule has 0 amide bonds. The quantitative estimate of drug-likeness (QED) is 0.700. The van der Waals surface area contributed by atoms with Crippen LogP contribution in [0.5, 0.6) is 0 Å². The lowest BCUT2D eigenvalue weighted by molar-refractivity contribution is 0.0288. The molecule has 2 aromatic carbocycles. The lowest BCUT2D eigenvalue weighted by atomic mass is 10.1. The van der Waals surface area contributed by atoms with Crippen LogP contribution in [0.2, 0.25) is 0 Å². The summed E-state index contributed by atoms with van der Waals surface area (Å²) in [6, 6.07) is 17.4. The molecule has 1 atom stereocenters. The zero-order valence-electron chi connectivity index (χ0n) is 14.2. The van der Waals surface area contributed by atoms with Gasteiger partial charge in [0, 0.05) is 31.0 Å². The van der Waals surface area contributed by atoms with Gasteiger partial charge in [0.25, 0.3) is 0 Å². The van der Waals surface area contributed by atoms with E-state index in [0.717, 1.165) is 18.7 Å². The third-order valence-electron chi connectivity index (χ3n) is 4.59. The van der Waals surface area contributed by atoms with Crippen LogP contribution in [0.4, 0.5) is 4.39 Å². The predicted molar refractivity (Wildman–Crippen MR) is 96.0 cm³/mol. The maximum absolute atomic E-state index is 14.0. The largest absolute Gasteiger partial charge is 0.357 e. The highest BCUT2D eigenvalue weighted by Crippen LogP contribution is 2.29. The zero-order valence-corrected chi connectivity index (χ0v) is 14.2. The minimum absolute atomic E-state index is 0.0893. The molecular weight excluding hydrogens is 315 g/mol. The van der Waals surface area contributed by atoms with Crippen LogP contribution in [0.1, 0.15) is 22.9 Å². The summed E-state index contributed by atoms with van der Waals surface area (Å²) in [6.07, 6.45) is 3.76. The molecule has 128 valence electrons. The monoisotopic (exact) mass is 336 g/mol. The Morgan fingerprint density at radius 3 is 2.84 bits per heavy atom. The van der Waals surface area contributed by atoms with Crippen molar-refractivity contribution < 1.29 is 9.13 Å². The number of benzene rings is 2. The Bertz CT molecular complexity index is 874. The Balaban J connectivity index is 1.56. The van der Waals surface area contributed by atoms with Gasteiger partial charge in [0.2, 0.25) is 0 Å². The molecule has 0 saturated carbocycles. The second-order valence-electron chi connectivity index (χ2n) is 6.49. The summed E-state index contributed by atoms with van der Waals surface area (Å²) in [5.74, 6) is -0.228. The molecule has 0 spiro atoms. The molecule has 0 aliphatic carbocycles. The summed E-state index contributed by atoms with van der Waals surface area (Å²) in [5, 5.41) is 0. The number of hydrogen-bond acceptors (Lipinski definition) is 2. The molecule has 1 unspecified atom stereocenters. The highest BCUT2D eigenvalue weighted by Gasteiger charge is 2.27. The van der Waals surface area contributed by atoms with E-state index in [2.05, 4.69) is 36.1 Å². The second kappa shape index (κ2) is 6.82. The molecule has 3 aromatic rings. The maximum Gasteiger partial charge on any atom is 0.147 e. The first-order chi connectivity index (χ1) is 12.2. The number of halogens is 1. The van der Waals surface area contributed by atoms with Crippen molar-refractivity contribution in [3.05, 3.63) is 89.5 Å². The summed E-state index contributed by atoms with van der Waals surface area (Å²) >= 11 is 0. The fourth-order valence-corrected chi connectivity index (χ4v) is 3.39. The lowest BCUT2D eigenvalue weighted by Gasteiger charge is -2.22. The topological polar surface area (TPSA) is 17.4 Å². The van der Waals surface area contributed by atoms with Crippen LogP contribution in [0.15, 0.2) is 67.0 Å². The smallest absolute Gasteiger partial charge is 0.147 e. The third kappa shape index (κ3) is 3.36. The average Bonchev–Trinajstić information content (AvgIpc) is 3.24. The SMILES string of the molecule is Cc1cccc(CN2CCOC2c2ccn(-c3ccccc3F)c2)c1. The van der Waals surface area contributed by atoms with Crippen LogP contribution in [-0.2, 0) is 11.3 Å². The Kier molecular flexibility index (Phi) is 4.38. The number of ether oxygens (including phenoxy) is 1. The van der Waals surface area contributed by atoms with Gasteiger partial charge in [0.05, 0.1) is 12.3 Å². The van der Waals surface area contributed by atoms with E-state index in [-0.39, 0.29) is 12.0 Å². The summed E-state index contributed by atoms with van der Waals surface area (Å²) in [5.41, 5.74) is 4.15. The van der Waals surface area contributed by atoms with E-state index < -0.39 is 0 Å². The fourth-order valence-electron chi connectivity index (χ4n) is 3.39. The number of aryl methyl sites for hydroxylation is 1. The first-order valence-corrected chi connectivity index (χ1v) is 8.55. The van der Waals surface area contributed by atoms with E-state index in [1.807, 2.05) is 29.1 Å².